The molecule has 0 aliphatic rings. The molecule has 0 aromatic carbocycles. The Kier molecular flexibility index (Phi) is 4.41. The van der Waals surface area contributed by atoms with Crippen LogP contribution in [0.5, 0.6) is 0 Å². The molecule has 0 unspecified atom stereocenters. The Hall–Kier alpha value is -0.920. The summed E-state index contributed by atoms with van der Waals surface area (Å²) in [5, 5.41) is 0. The molecule has 0 aliphatic carbocycles. The van der Waals surface area contributed by atoms with Crippen LogP contribution in [0.15, 0.2) is 0 Å². The van der Waals surface area contributed by atoms with Gasteiger partial charge in [-0.2, -0.15) is 0 Å². The Morgan fingerprint density at radius 2 is 2.14 bits per heavy atom. The highest BCUT2D eigenvalue weighted by atomic mass is 14.5. The van der Waals surface area contributed by atoms with E-state index in [9.17, 15) is 0 Å². The second-order valence-electron chi connectivity index (χ2n) is 0.881. The molecule has 0 aromatic rings. The first kappa shape index (κ1) is 6.08. The molecule has 2 N–H and O–H groups in total. The number of nitrogens with two attached hydrogens (primary N) is 1. The molecule has 0 bridgehead atoms. The van der Waals surface area contributed by atoms with E-state index in [1.165, 1.54) is 0 Å². The Labute approximate surface area is 43.9 Å². The minimum Gasteiger partial charge on any atom is -0.320 e. The van der Waals surface area contributed by atoms with Crippen LogP contribution in [0.25, 0.3) is 0 Å². The van der Waals surface area contributed by atoms with Gasteiger partial charge in [0.25, 0.3) is 0 Å². The molecule has 0 rings (SSSR count). The van der Waals surface area contributed by atoms with E-state index in [0.29, 0.717) is 6.54 Å². The summed E-state index contributed by atoms with van der Waals surface area (Å²) in [6, 6.07) is 0. The summed E-state index contributed by atoms with van der Waals surface area (Å²) in [5.41, 5.74) is 5.03. The molecular formula is C6H7N. The summed E-state index contributed by atoms with van der Waals surface area (Å²) in [7, 11) is 0. The van der Waals surface area contributed by atoms with Crippen LogP contribution in [0.4, 0.5) is 0 Å². The molecule has 0 radical (unpaired) electrons. The summed E-state index contributed by atoms with van der Waals surface area (Å²) >= 11 is 0. The van der Waals surface area contributed by atoms with Crippen LogP contribution in [0.2, 0.25) is 0 Å². The van der Waals surface area contributed by atoms with Gasteiger partial charge in [-0.15, -0.1) is 0 Å². The van der Waals surface area contributed by atoms with E-state index in [1.807, 2.05) is 0 Å². The van der Waals surface area contributed by atoms with Gasteiger partial charge in [0.2, 0.25) is 0 Å². The summed E-state index contributed by atoms with van der Waals surface area (Å²) in [4.78, 5) is 0. The highest BCUT2D eigenvalue weighted by Gasteiger charge is 1.52. The third-order valence-electron chi connectivity index (χ3n) is 0.378. The zero-order valence-corrected chi connectivity index (χ0v) is 4.28. The van der Waals surface area contributed by atoms with Crippen molar-refractivity contribution in [1.29, 1.82) is 0 Å². The molecule has 1 nitrogen and oxygen atoms in total. The largest absolute Gasteiger partial charge is 0.320 e. The Morgan fingerprint density at radius 1 is 1.43 bits per heavy atom. The van der Waals surface area contributed by atoms with Gasteiger partial charge in [-0.05, 0) is 18.8 Å². The maximum absolute atomic E-state index is 5.03. The monoisotopic (exact) mass is 93.1 g/mol. The molecule has 0 saturated heterocycles. The van der Waals surface area contributed by atoms with Crippen molar-refractivity contribution in [3.63, 3.8) is 0 Å². The van der Waals surface area contributed by atoms with Gasteiger partial charge in [0.1, 0.15) is 0 Å². The lowest BCUT2D eigenvalue weighted by Crippen LogP contribution is -1.92. The van der Waals surface area contributed by atoms with Crippen LogP contribution in [-0.2, 0) is 0 Å². The molecule has 0 aromatic heterocycles. The van der Waals surface area contributed by atoms with Gasteiger partial charge in [0.15, 0.2) is 0 Å². The fourth-order valence-corrected chi connectivity index (χ4v) is 0.158. The fraction of sp³-hybridized carbons (Fsp3) is 0.333. The van der Waals surface area contributed by atoms with E-state index >= 15 is 0 Å². The quantitative estimate of drug-likeness (QED) is 0.418. The standard InChI is InChI=1S/C6H7N/c1-2-3-4-5-6-7/h6-7H2,1H3. The lowest BCUT2D eigenvalue weighted by molar-refractivity contribution is 1.30. The molecule has 0 fully saturated rings. The van der Waals surface area contributed by atoms with Gasteiger partial charge in [-0.25, -0.2) is 0 Å². The van der Waals surface area contributed by atoms with Crippen LogP contribution in [0, 0.1) is 23.7 Å². The van der Waals surface area contributed by atoms with E-state index in [-0.39, 0.29) is 0 Å². The van der Waals surface area contributed by atoms with Crippen LogP contribution in [0.3, 0.4) is 0 Å². The van der Waals surface area contributed by atoms with Gasteiger partial charge in [0.05, 0.1) is 6.54 Å². The number of rotatable bonds is 0. The van der Waals surface area contributed by atoms with Crippen LogP contribution >= 0.6 is 0 Å². The number of hydrogen-bond donors (Lipinski definition) is 1. The molecule has 0 atom stereocenters. The highest BCUT2D eigenvalue weighted by molar-refractivity contribution is 5.25. The maximum atomic E-state index is 5.03. The lowest BCUT2D eigenvalue weighted by atomic mass is 10.5. The second kappa shape index (κ2) is 5.08. The molecule has 0 heterocycles. The van der Waals surface area contributed by atoms with Crippen molar-refractivity contribution < 1.29 is 0 Å². The molecule has 1 heteroatoms. The van der Waals surface area contributed by atoms with E-state index in [0.717, 1.165) is 0 Å². The smallest absolute Gasteiger partial charge is 0.0561 e. The average Bonchev–Trinajstić information content (AvgIpc) is 1.69. The first-order valence-corrected chi connectivity index (χ1v) is 2.01. The molecule has 0 saturated carbocycles. The average molecular weight is 93.1 g/mol. The third kappa shape index (κ3) is 5.08. The van der Waals surface area contributed by atoms with Crippen LogP contribution in [0.1, 0.15) is 6.92 Å². The molecule has 0 spiro atoms. The topological polar surface area (TPSA) is 26.0 Å². The summed E-state index contributed by atoms with van der Waals surface area (Å²) in [6.45, 7) is 2.14. The normalized spacial score (nSPS) is 4.86. The van der Waals surface area contributed by atoms with Gasteiger partial charge in [-0.3, -0.25) is 0 Å². The van der Waals surface area contributed by atoms with Gasteiger partial charge in [-0.1, -0.05) is 11.8 Å². The van der Waals surface area contributed by atoms with Gasteiger partial charge >= 0.3 is 0 Å². The molecule has 0 amide bonds. The Balaban J connectivity index is 3.39. The van der Waals surface area contributed by atoms with Crippen molar-refractivity contribution in [3.05, 3.63) is 0 Å². The van der Waals surface area contributed by atoms with Crippen molar-refractivity contribution >= 4 is 0 Å². The van der Waals surface area contributed by atoms with Crippen LogP contribution < -0.4 is 5.73 Å². The second-order valence-corrected chi connectivity index (χ2v) is 0.881. The predicted molar refractivity (Wildman–Crippen MR) is 30.3 cm³/mol. The van der Waals surface area contributed by atoms with Crippen molar-refractivity contribution in [3.8, 4) is 23.7 Å². The SMILES string of the molecule is CC#CC#CCN. The van der Waals surface area contributed by atoms with E-state index in [2.05, 4.69) is 23.7 Å². The minimum absolute atomic E-state index is 0.397. The van der Waals surface area contributed by atoms with Crippen molar-refractivity contribution in [2.24, 2.45) is 5.73 Å². The zero-order chi connectivity index (χ0) is 5.54. The minimum atomic E-state index is 0.397. The molecule has 0 aliphatic heterocycles. The van der Waals surface area contributed by atoms with Gasteiger partial charge < -0.3 is 5.73 Å². The van der Waals surface area contributed by atoms with Crippen molar-refractivity contribution in [2.75, 3.05) is 6.54 Å². The van der Waals surface area contributed by atoms with E-state index in [4.69, 9.17) is 5.73 Å². The maximum Gasteiger partial charge on any atom is 0.0561 e. The first-order chi connectivity index (χ1) is 3.41. The van der Waals surface area contributed by atoms with Crippen molar-refractivity contribution in [1.82, 2.24) is 0 Å². The fourth-order valence-electron chi connectivity index (χ4n) is 0.158. The number of hydrogen-bond acceptors (Lipinski definition) is 1. The molecule has 36 valence electrons. The molecule has 7 heavy (non-hydrogen) atoms. The Morgan fingerprint density at radius 3 is 2.57 bits per heavy atom. The Bertz CT molecular complexity index is 137. The summed E-state index contributed by atoms with van der Waals surface area (Å²) in [6.07, 6.45) is 0. The van der Waals surface area contributed by atoms with Crippen molar-refractivity contribution in [2.45, 2.75) is 6.92 Å². The highest BCUT2D eigenvalue weighted by Crippen LogP contribution is 1.48. The van der Waals surface area contributed by atoms with Crippen LogP contribution in [-0.4, -0.2) is 6.54 Å². The first-order valence-electron chi connectivity index (χ1n) is 2.01. The zero-order valence-electron chi connectivity index (χ0n) is 4.28. The van der Waals surface area contributed by atoms with E-state index in [1.54, 1.807) is 6.92 Å². The summed E-state index contributed by atoms with van der Waals surface area (Å²) < 4.78 is 0. The summed E-state index contributed by atoms with van der Waals surface area (Å²) in [5.74, 6) is 10.3. The third-order valence-corrected chi connectivity index (χ3v) is 0.378. The lowest BCUT2D eigenvalue weighted by Gasteiger charge is -1.61. The van der Waals surface area contributed by atoms with E-state index < -0.39 is 0 Å². The molecular weight excluding hydrogens is 86.1 g/mol. The predicted octanol–water partition coefficient (Wildman–Crippen LogP) is -0.0282. The van der Waals surface area contributed by atoms with Gasteiger partial charge in [0, 0.05) is 0 Å².